The lowest BCUT2D eigenvalue weighted by atomic mass is 10.2. The van der Waals surface area contributed by atoms with Gasteiger partial charge in [-0.05, 0) is 49.4 Å². The Bertz CT molecular complexity index is 897. The van der Waals surface area contributed by atoms with E-state index in [4.69, 9.17) is 15.2 Å². The molecule has 2 amide bonds. The van der Waals surface area contributed by atoms with E-state index in [9.17, 15) is 27.6 Å². The van der Waals surface area contributed by atoms with Crippen molar-refractivity contribution in [3.05, 3.63) is 59.7 Å². The average molecular weight is 410 g/mol. The second kappa shape index (κ2) is 9.09. The van der Waals surface area contributed by atoms with E-state index in [2.05, 4.69) is 5.32 Å². The molecule has 2 aromatic carbocycles. The number of anilines is 1. The number of hydrogen-bond acceptors (Lipinski definition) is 5. The molecule has 0 bridgehead atoms. The Balaban J connectivity index is 1.85. The van der Waals surface area contributed by atoms with Crippen molar-refractivity contribution in [3.63, 3.8) is 0 Å². The highest BCUT2D eigenvalue weighted by Gasteiger charge is 2.30. The predicted molar refractivity (Wildman–Crippen MR) is 96.1 cm³/mol. The molecule has 0 aliphatic rings. The Morgan fingerprint density at radius 2 is 1.76 bits per heavy atom. The number of amides is 2. The second-order valence-electron chi connectivity index (χ2n) is 5.88. The van der Waals surface area contributed by atoms with Crippen molar-refractivity contribution in [2.24, 2.45) is 5.73 Å². The van der Waals surface area contributed by atoms with E-state index in [1.807, 2.05) is 0 Å². The maximum absolute atomic E-state index is 12.7. The number of ether oxygens (including phenoxy) is 2. The summed E-state index contributed by atoms with van der Waals surface area (Å²) in [5.74, 6) is -2.37. The highest BCUT2D eigenvalue weighted by Crippen LogP contribution is 2.31. The van der Waals surface area contributed by atoms with Crippen LogP contribution in [0.15, 0.2) is 48.5 Å². The third-order valence-electron chi connectivity index (χ3n) is 3.63. The number of alkyl halides is 3. The number of nitrogens with one attached hydrogen (secondary N) is 1. The van der Waals surface area contributed by atoms with Crippen LogP contribution in [0.25, 0.3) is 0 Å². The minimum atomic E-state index is -4.54. The van der Waals surface area contributed by atoms with Gasteiger partial charge in [0.2, 0.25) is 5.91 Å². The largest absolute Gasteiger partial charge is 0.482 e. The van der Waals surface area contributed by atoms with Gasteiger partial charge in [-0.2, -0.15) is 13.2 Å². The summed E-state index contributed by atoms with van der Waals surface area (Å²) >= 11 is 0. The molecule has 3 N–H and O–H groups in total. The molecule has 154 valence electrons. The average Bonchev–Trinajstić information content (AvgIpc) is 2.66. The molecule has 0 saturated carbocycles. The molecule has 0 spiro atoms. The van der Waals surface area contributed by atoms with Crippen molar-refractivity contribution in [1.29, 1.82) is 0 Å². The van der Waals surface area contributed by atoms with Gasteiger partial charge in [-0.15, -0.1) is 0 Å². The minimum absolute atomic E-state index is 0.163. The molecule has 0 aliphatic heterocycles. The van der Waals surface area contributed by atoms with Crippen molar-refractivity contribution < 1.29 is 37.0 Å². The number of nitrogens with two attached hydrogens (primary N) is 1. The predicted octanol–water partition coefficient (Wildman–Crippen LogP) is 2.75. The number of benzene rings is 2. The van der Waals surface area contributed by atoms with Crippen LogP contribution < -0.4 is 15.8 Å². The summed E-state index contributed by atoms with van der Waals surface area (Å²) in [6.45, 7) is 0.640. The zero-order valence-corrected chi connectivity index (χ0v) is 15.2. The molecule has 2 rings (SSSR count). The monoisotopic (exact) mass is 410 g/mol. The first-order valence-corrected chi connectivity index (χ1v) is 8.26. The standard InChI is InChI=1S/C19H17F3N2O5/c1-11(18(27)24-14-7-5-12(6-8-14)17(23)26)29-16(25)10-28-15-4-2-3-13(9-15)19(20,21)22/h2-9,11H,10H2,1H3,(H2,23,26)(H,24,27)/t11-/m1/s1. The molecular weight excluding hydrogens is 393 g/mol. The van der Waals surface area contributed by atoms with E-state index in [1.54, 1.807) is 0 Å². The Morgan fingerprint density at radius 3 is 2.34 bits per heavy atom. The number of carbonyl (C=O) groups is 3. The number of halogens is 3. The molecule has 1 atom stereocenters. The van der Waals surface area contributed by atoms with Gasteiger partial charge in [0.15, 0.2) is 12.7 Å². The van der Waals surface area contributed by atoms with Gasteiger partial charge in [0.05, 0.1) is 5.56 Å². The summed E-state index contributed by atoms with van der Waals surface area (Å²) in [4.78, 5) is 34.8. The zero-order chi connectivity index (χ0) is 21.6. The number of carbonyl (C=O) groups excluding carboxylic acids is 3. The lowest BCUT2D eigenvalue weighted by Gasteiger charge is -2.14. The quantitative estimate of drug-likeness (QED) is 0.683. The van der Waals surface area contributed by atoms with Crippen LogP contribution in [-0.4, -0.2) is 30.5 Å². The Kier molecular flexibility index (Phi) is 6.81. The van der Waals surface area contributed by atoms with E-state index in [-0.39, 0.29) is 11.3 Å². The van der Waals surface area contributed by atoms with E-state index in [0.29, 0.717) is 5.69 Å². The van der Waals surface area contributed by atoms with Gasteiger partial charge >= 0.3 is 12.1 Å². The third-order valence-corrected chi connectivity index (χ3v) is 3.63. The van der Waals surface area contributed by atoms with Crippen LogP contribution in [0.3, 0.4) is 0 Å². The number of rotatable bonds is 7. The fourth-order valence-electron chi connectivity index (χ4n) is 2.15. The molecule has 29 heavy (non-hydrogen) atoms. The maximum Gasteiger partial charge on any atom is 0.416 e. The molecule has 2 aromatic rings. The fourth-order valence-corrected chi connectivity index (χ4v) is 2.15. The summed E-state index contributed by atoms with van der Waals surface area (Å²) < 4.78 is 47.8. The third kappa shape index (κ3) is 6.52. The van der Waals surface area contributed by atoms with Gasteiger partial charge < -0.3 is 20.5 Å². The molecule has 0 radical (unpaired) electrons. The van der Waals surface area contributed by atoms with Crippen LogP contribution in [0, 0.1) is 0 Å². The first-order chi connectivity index (χ1) is 13.6. The van der Waals surface area contributed by atoms with E-state index in [0.717, 1.165) is 18.2 Å². The van der Waals surface area contributed by atoms with Gasteiger partial charge in [0, 0.05) is 11.3 Å². The van der Waals surface area contributed by atoms with Crippen LogP contribution in [0.1, 0.15) is 22.8 Å². The molecular formula is C19H17F3N2O5. The molecule has 0 fully saturated rings. The lowest BCUT2D eigenvalue weighted by Crippen LogP contribution is -2.31. The van der Waals surface area contributed by atoms with Crippen LogP contribution in [0.5, 0.6) is 5.75 Å². The smallest absolute Gasteiger partial charge is 0.416 e. The van der Waals surface area contributed by atoms with E-state index < -0.39 is 42.2 Å². The molecule has 0 heterocycles. The van der Waals surface area contributed by atoms with Crippen molar-refractivity contribution in [3.8, 4) is 5.75 Å². The highest BCUT2D eigenvalue weighted by atomic mass is 19.4. The first-order valence-electron chi connectivity index (χ1n) is 8.26. The summed E-state index contributed by atoms with van der Waals surface area (Å²) in [5, 5.41) is 2.48. The Morgan fingerprint density at radius 1 is 1.10 bits per heavy atom. The molecule has 7 nitrogen and oxygen atoms in total. The van der Waals surface area contributed by atoms with Gasteiger partial charge in [-0.25, -0.2) is 4.79 Å². The van der Waals surface area contributed by atoms with Gasteiger partial charge in [-0.3, -0.25) is 9.59 Å². The summed E-state index contributed by atoms with van der Waals surface area (Å²) in [6.07, 6.45) is -5.73. The van der Waals surface area contributed by atoms with Crippen LogP contribution >= 0.6 is 0 Å². The van der Waals surface area contributed by atoms with Crippen molar-refractivity contribution in [1.82, 2.24) is 0 Å². The Hall–Kier alpha value is -3.56. The second-order valence-corrected chi connectivity index (χ2v) is 5.88. The summed E-state index contributed by atoms with van der Waals surface area (Å²) in [5.41, 5.74) is 4.81. The van der Waals surface area contributed by atoms with E-state index in [1.165, 1.54) is 37.3 Å². The first kappa shape index (κ1) is 21.7. The number of primary amides is 1. The molecule has 0 saturated heterocycles. The van der Waals surface area contributed by atoms with Gasteiger partial charge in [0.1, 0.15) is 5.75 Å². The Labute approximate surface area is 163 Å². The minimum Gasteiger partial charge on any atom is -0.482 e. The number of esters is 1. The van der Waals surface area contributed by atoms with Gasteiger partial charge in [-0.1, -0.05) is 6.07 Å². The maximum atomic E-state index is 12.7. The van der Waals surface area contributed by atoms with Crippen LogP contribution in [0.4, 0.5) is 18.9 Å². The van der Waals surface area contributed by atoms with Crippen molar-refractivity contribution in [2.75, 3.05) is 11.9 Å². The van der Waals surface area contributed by atoms with Gasteiger partial charge in [0.25, 0.3) is 5.91 Å². The van der Waals surface area contributed by atoms with Crippen molar-refractivity contribution in [2.45, 2.75) is 19.2 Å². The van der Waals surface area contributed by atoms with Crippen molar-refractivity contribution >= 4 is 23.5 Å². The zero-order valence-electron chi connectivity index (χ0n) is 15.2. The molecule has 0 unspecified atom stereocenters. The van der Waals surface area contributed by atoms with Crippen LogP contribution in [-0.2, 0) is 20.5 Å². The van der Waals surface area contributed by atoms with Crippen LogP contribution in [0.2, 0.25) is 0 Å². The fraction of sp³-hybridized carbons (Fsp3) is 0.211. The topological polar surface area (TPSA) is 108 Å². The number of hydrogen-bond donors (Lipinski definition) is 2. The summed E-state index contributed by atoms with van der Waals surface area (Å²) in [7, 11) is 0. The molecule has 10 heteroatoms. The highest BCUT2D eigenvalue weighted by molar-refractivity contribution is 5.96. The van der Waals surface area contributed by atoms with E-state index >= 15 is 0 Å². The lowest BCUT2D eigenvalue weighted by molar-refractivity contribution is -0.155. The molecule has 0 aromatic heterocycles. The molecule has 0 aliphatic carbocycles. The SMILES string of the molecule is C[C@@H](OC(=O)COc1cccc(C(F)(F)F)c1)C(=O)Nc1ccc(C(N)=O)cc1. The normalized spacial score (nSPS) is 12.0. The summed E-state index contributed by atoms with van der Waals surface area (Å²) in [6, 6.07) is 9.74.